The fourth-order valence-electron chi connectivity index (χ4n) is 5.01. The number of carbonyl (C=O) groups excluding carboxylic acids is 1. The quantitative estimate of drug-likeness (QED) is 0.332. The van der Waals surface area contributed by atoms with E-state index in [2.05, 4.69) is 15.5 Å². The monoisotopic (exact) mass is 528 g/mol. The van der Waals surface area contributed by atoms with E-state index in [9.17, 15) is 4.79 Å². The van der Waals surface area contributed by atoms with Gasteiger partial charge in [-0.15, -0.1) is 24.0 Å². The molecule has 2 saturated carbocycles. The van der Waals surface area contributed by atoms with E-state index in [1.54, 1.807) is 6.26 Å². The Morgan fingerprint density at radius 3 is 2.50 bits per heavy atom. The molecule has 1 aromatic rings. The molecule has 6 nitrogen and oxygen atoms in total. The summed E-state index contributed by atoms with van der Waals surface area (Å²) in [5, 5.41) is 7.30. The second-order valence-corrected chi connectivity index (χ2v) is 8.93. The largest absolute Gasteiger partial charge is 0.469 e. The van der Waals surface area contributed by atoms with Gasteiger partial charge in [0.05, 0.1) is 6.26 Å². The van der Waals surface area contributed by atoms with E-state index >= 15 is 0 Å². The summed E-state index contributed by atoms with van der Waals surface area (Å²) in [6.45, 7) is 2.38. The fraction of sp³-hybridized carbons (Fsp3) is 0.739. The number of hydrogen-bond acceptors (Lipinski definition) is 3. The smallest absolute Gasteiger partial charge is 0.225 e. The van der Waals surface area contributed by atoms with Gasteiger partial charge < -0.3 is 20.0 Å². The molecule has 3 fully saturated rings. The molecule has 1 unspecified atom stereocenters. The normalized spacial score (nSPS) is 23.4. The molecule has 3 aliphatic rings. The van der Waals surface area contributed by atoms with Crippen LogP contribution in [0.3, 0.4) is 0 Å². The molecule has 0 spiro atoms. The van der Waals surface area contributed by atoms with Gasteiger partial charge in [-0.2, -0.15) is 0 Å². The van der Waals surface area contributed by atoms with Crippen molar-refractivity contribution in [2.45, 2.75) is 82.7 Å². The standard InChI is InChI=1S/C23H36N4O2.HI/c28-22(18-7-4-5-8-18)27-15-13-20(17-27)26-23(25-19-9-2-1-3-10-19)24-14-12-21-11-6-16-29-21;/h6,11,16,18-20H,1-5,7-10,12-15,17H2,(H2,24,25,26);1H. The molecule has 2 N–H and O–H groups in total. The van der Waals surface area contributed by atoms with Crippen LogP contribution in [0.4, 0.5) is 0 Å². The van der Waals surface area contributed by atoms with E-state index in [1.807, 2.05) is 12.1 Å². The Balaban J connectivity index is 0.00000256. The summed E-state index contributed by atoms with van der Waals surface area (Å²) in [6, 6.07) is 4.73. The van der Waals surface area contributed by atoms with Gasteiger partial charge in [0, 0.05) is 44.1 Å². The molecule has 0 bridgehead atoms. The Bertz CT molecular complexity index is 667. The van der Waals surface area contributed by atoms with Crippen LogP contribution < -0.4 is 10.6 Å². The maximum atomic E-state index is 12.7. The number of furan rings is 1. The number of nitrogens with one attached hydrogen (secondary N) is 2. The Morgan fingerprint density at radius 1 is 1.03 bits per heavy atom. The number of nitrogens with zero attached hydrogens (tertiary/aromatic N) is 2. The second-order valence-electron chi connectivity index (χ2n) is 8.93. The molecule has 1 aliphatic heterocycles. The Hall–Kier alpha value is -1.25. The van der Waals surface area contributed by atoms with Crippen LogP contribution in [0.25, 0.3) is 0 Å². The summed E-state index contributed by atoms with van der Waals surface area (Å²) in [6.07, 6.45) is 14.5. The van der Waals surface area contributed by atoms with Crippen molar-refractivity contribution in [1.29, 1.82) is 0 Å². The third kappa shape index (κ3) is 6.62. The maximum absolute atomic E-state index is 12.7. The van der Waals surface area contributed by atoms with Crippen LogP contribution in [0.1, 0.15) is 70.0 Å². The van der Waals surface area contributed by atoms with E-state index in [1.165, 1.54) is 44.9 Å². The van der Waals surface area contributed by atoms with E-state index in [-0.39, 0.29) is 29.9 Å². The highest BCUT2D eigenvalue weighted by molar-refractivity contribution is 14.0. The minimum absolute atomic E-state index is 0. The van der Waals surface area contributed by atoms with E-state index in [4.69, 9.17) is 9.41 Å². The number of likely N-dealkylation sites (tertiary alicyclic amines) is 1. The molecule has 1 amide bonds. The lowest BCUT2D eigenvalue weighted by atomic mass is 9.96. The van der Waals surface area contributed by atoms with Crippen molar-refractivity contribution < 1.29 is 9.21 Å². The predicted molar refractivity (Wildman–Crippen MR) is 130 cm³/mol. The molecule has 4 rings (SSSR count). The Morgan fingerprint density at radius 2 is 1.77 bits per heavy atom. The SMILES string of the molecule is I.O=C(C1CCCC1)N1CCC(NC(=NCCc2ccco2)NC2CCCCC2)C1. The topological polar surface area (TPSA) is 69.9 Å². The highest BCUT2D eigenvalue weighted by Crippen LogP contribution is 2.28. The van der Waals surface area contributed by atoms with E-state index in [0.717, 1.165) is 50.5 Å². The zero-order chi connectivity index (χ0) is 19.9. The van der Waals surface area contributed by atoms with E-state index in [0.29, 0.717) is 24.5 Å². The van der Waals surface area contributed by atoms with Gasteiger partial charge in [-0.05, 0) is 44.2 Å². The van der Waals surface area contributed by atoms with Gasteiger partial charge in [0.2, 0.25) is 5.91 Å². The van der Waals surface area contributed by atoms with Crippen molar-refractivity contribution in [1.82, 2.24) is 15.5 Å². The molecule has 1 aromatic heterocycles. The van der Waals surface area contributed by atoms with Gasteiger partial charge >= 0.3 is 0 Å². The molecule has 1 saturated heterocycles. The first-order valence-electron chi connectivity index (χ1n) is 11.7. The zero-order valence-electron chi connectivity index (χ0n) is 18.0. The lowest BCUT2D eigenvalue weighted by Gasteiger charge is -2.27. The fourth-order valence-corrected chi connectivity index (χ4v) is 5.01. The minimum Gasteiger partial charge on any atom is -0.469 e. The number of hydrogen-bond donors (Lipinski definition) is 2. The molecule has 0 aromatic carbocycles. The van der Waals surface area contributed by atoms with E-state index < -0.39 is 0 Å². The third-order valence-electron chi connectivity index (χ3n) is 6.70. The van der Waals surface area contributed by atoms with Crippen molar-refractivity contribution in [3.8, 4) is 0 Å². The number of aliphatic imine (C=N–C) groups is 1. The van der Waals surface area contributed by atoms with Crippen LogP contribution in [0.2, 0.25) is 0 Å². The lowest BCUT2D eigenvalue weighted by molar-refractivity contribution is -0.134. The zero-order valence-corrected chi connectivity index (χ0v) is 20.3. The Labute approximate surface area is 197 Å². The van der Waals surface area contributed by atoms with Crippen molar-refractivity contribution in [3.63, 3.8) is 0 Å². The van der Waals surface area contributed by atoms with Crippen LogP contribution >= 0.6 is 24.0 Å². The summed E-state index contributed by atoms with van der Waals surface area (Å²) in [5.41, 5.74) is 0. The molecule has 1 atom stereocenters. The highest BCUT2D eigenvalue weighted by atomic mass is 127. The van der Waals surface area contributed by atoms with Crippen molar-refractivity contribution in [3.05, 3.63) is 24.2 Å². The van der Waals surface area contributed by atoms with Crippen molar-refractivity contribution in [2.24, 2.45) is 10.9 Å². The summed E-state index contributed by atoms with van der Waals surface area (Å²) >= 11 is 0. The Kier molecular flexibility index (Phi) is 9.33. The van der Waals surface area contributed by atoms with Crippen molar-refractivity contribution >= 4 is 35.8 Å². The van der Waals surface area contributed by atoms with Gasteiger partial charge in [-0.25, -0.2) is 0 Å². The lowest BCUT2D eigenvalue weighted by Crippen LogP contribution is -2.49. The van der Waals surface area contributed by atoms with Crippen LogP contribution in [0, 0.1) is 5.92 Å². The van der Waals surface area contributed by atoms with Crippen LogP contribution in [-0.4, -0.2) is 48.5 Å². The molecule has 0 radical (unpaired) electrons. The highest BCUT2D eigenvalue weighted by Gasteiger charge is 2.32. The van der Waals surface area contributed by atoms with Crippen molar-refractivity contribution in [2.75, 3.05) is 19.6 Å². The first-order chi connectivity index (χ1) is 14.3. The van der Waals surface area contributed by atoms with Crippen LogP contribution in [0.15, 0.2) is 27.8 Å². The molecular weight excluding hydrogens is 491 g/mol. The van der Waals surface area contributed by atoms with Gasteiger partial charge in [0.15, 0.2) is 5.96 Å². The summed E-state index contributed by atoms with van der Waals surface area (Å²) < 4.78 is 5.43. The minimum atomic E-state index is 0. The molecule has 7 heteroatoms. The number of guanidine groups is 1. The van der Waals surface area contributed by atoms with Gasteiger partial charge in [-0.1, -0.05) is 32.1 Å². The van der Waals surface area contributed by atoms with Crippen LogP contribution in [-0.2, 0) is 11.2 Å². The number of halogens is 1. The third-order valence-corrected chi connectivity index (χ3v) is 6.70. The average Bonchev–Trinajstić information content (AvgIpc) is 3.51. The van der Waals surface area contributed by atoms with Crippen LogP contribution in [0.5, 0.6) is 0 Å². The summed E-state index contributed by atoms with van der Waals surface area (Å²) in [5.74, 6) is 2.53. The molecular formula is C23H37IN4O2. The van der Waals surface area contributed by atoms with Gasteiger partial charge in [0.25, 0.3) is 0 Å². The summed E-state index contributed by atoms with van der Waals surface area (Å²) in [4.78, 5) is 19.7. The number of amides is 1. The first kappa shape index (κ1) is 23.4. The first-order valence-corrected chi connectivity index (χ1v) is 11.7. The van der Waals surface area contributed by atoms with Gasteiger partial charge in [0.1, 0.15) is 5.76 Å². The van der Waals surface area contributed by atoms with Gasteiger partial charge in [-0.3, -0.25) is 9.79 Å². The molecule has 2 heterocycles. The molecule has 168 valence electrons. The molecule has 2 aliphatic carbocycles. The average molecular weight is 528 g/mol. The number of rotatable bonds is 6. The summed E-state index contributed by atoms with van der Waals surface area (Å²) in [7, 11) is 0. The predicted octanol–water partition coefficient (Wildman–Crippen LogP) is 4.10. The maximum Gasteiger partial charge on any atom is 0.225 e. The number of carbonyl (C=O) groups is 1. The molecule has 30 heavy (non-hydrogen) atoms. The second kappa shape index (κ2) is 12.0.